The standard InChI is InChI=1S/C19H27N3O.3C2H6/c1(4-8-18-11-17-23-20-18)2-7-12-21-13-15-22(16-14-21)19-9-5-3-6-10-19;3*1-2/h3,5-6,9-11,17H,1-2,4,7-8,12-16H2;3*1-2H3. The van der Waals surface area contributed by atoms with E-state index in [0.29, 0.717) is 0 Å². The fourth-order valence-electron chi connectivity index (χ4n) is 3.23. The van der Waals surface area contributed by atoms with Gasteiger partial charge in [-0.15, -0.1) is 0 Å². The number of hydrogen-bond donors (Lipinski definition) is 0. The third kappa shape index (κ3) is 11.7. The smallest absolute Gasteiger partial charge is 0.124 e. The van der Waals surface area contributed by atoms with Crippen LogP contribution in [-0.2, 0) is 6.42 Å². The molecule has 3 rings (SSSR count). The molecule has 0 radical (unpaired) electrons. The van der Waals surface area contributed by atoms with Crippen molar-refractivity contribution in [2.75, 3.05) is 37.6 Å². The molecule has 0 atom stereocenters. The van der Waals surface area contributed by atoms with Gasteiger partial charge < -0.3 is 9.42 Å². The molecule has 4 heteroatoms. The van der Waals surface area contributed by atoms with E-state index in [1.165, 1.54) is 51.0 Å². The topological polar surface area (TPSA) is 32.5 Å². The molecule has 0 saturated carbocycles. The second kappa shape index (κ2) is 19.5. The minimum absolute atomic E-state index is 1.05. The number of rotatable bonds is 8. The first kappa shape index (κ1) is 27.2. The monoisotopic (exact) mass is 403 g/mol. The van der Waals surface area contributed by atoms with E-state index in [-0.39, 0.29) is 0 Å². The van der Waals surface area contributed by atoms with Gasteiger partial charge in [-0.1, -0.05) is 77.7 Å². The minimum atomic E-state index is 1.05. The third-order valence-corrected chi connectivity index (χ3v) is 4.64. The molecule has 166 valence electrons. The molecule has 1 aliphatic heterocycles. The van der Waals surface area contributed by atoms with Crippen LogP contribution in [0.25, 0.3) is 0 Å². The fourth-order valence-corrected chi connectivity index (χ4v) is 3.23. The lowest BCUT2D eigenvalue weighted by molar-refractivity contribution is 0.252. The van der Waals surface area contributed by atoms with Crippen LogP contribution in [0.15, 0.2) is 47.2 Å². The Bertz CT molecular complexity index is 534. The van der Waals surface area contributed by atoms with Crippen molar-refractivity contribution in [3.05, 3.63) is 48.4 Å². The van der Waals surface area contributed by atoms with E-state index in [0.717, 1.165) is 25.2 Å². The highest BCUT2D eigenvalue weighted by Crippen LogP contribution is 2.16. The number of aryl methyl sites for hydroxylation is 1. The molecule has 0 N–H and O–H groups in total. The summed E-state index contributed by atoms with van der Waals surface area (Å²) in [7, 11) is 0. The van der Waals surface area contributed by atoms with Crippen LogP contribution < -0.4 is 4.90 Å². The van der Waals surface area contributed by atoms with Gasteiger partial charge in [0.05, 0.1) is 5.69 Å². The van der Waals surface area contributed by atoms with Crippen molar-refractivity contribution in [1.29, 1.82) is 0 Å². The summed E-state index contributed by atoms with van der Waals surface area (Å²) in [5.41, 5.74) is 2.45. The van der Waals surface area contributed by atoms with E-state index in [9.17, 15) is 0 Å². The van der Waals surface area contributed by atoms with Crippen LogP contribution in [-0.4, -0.2) is 42.8 Å². The summed E-state index contributed by atoms with van der Waals surface area (Å²) in [5, 5.41) is 3.95. The molecular weight excluding hydrogens is 358 g/mol. The molecule has 1 saturated heterocycles. The number of unbranched alkanes of at least 4 members (excludes halogenated alkanes) is 3. The maximum absolute atomic E-state index is 4.85. The molecule has 2 aromatic rings. The molecule has 0 bridgehead atoms. The summed E-state index contributed by atoms with van der Waals surface area (Å²) in [4.78, 5) is 5.10. The van der Waals surface area contributed by atoms with E-state index in [1.807, 2.05) is 47.6 Å². The Morgan fingerprint density at radius 3 is 1.97 bits per heavy atom. The maximum Gasteiger partial charge on any atom is 0.124 e. The summed E-state index contributed by atoms with van der Waals surface area (Å²) in [5.74, 6) is 0. The molecule has 2 heterocycles. The molecule has 29 heavy (non-hydrogen) atoms. The Hall–Kier alpha value is -1.81. The van der Waals surface area contributed by atoms with E-state index in [4.69, 9.17) is 4.52 Å². The molecule has 0 amide bonds. The van der Waals surface area contributed by atoms with Gasteiger partial charge >= 0.3 is 0 Å². The first-order chi connectivity index (χ1) is 14.4. The zero-order valence-corrected chi connectivity index (χ0v) is 19.9. The maximum atomic E-state index is 4.85. The number of nitrogens with zero attached hydrogens (tertiary/aromatic N) is 3. The summed E-state index contributed by atoms with van der Waals surface area (Å²) in [6, 6.07) is 12.7. The SMILES string of the molecule is CC.CC.CC.c1ccc(N2CCN(CCCCCCc3ccon3)CC2)cc1. The van der Waals surface area contributed by atoms with E-state index in [2.05, 4.69) is 45.3 Å². The van der Waals surface area contributed by atoms with Gasteiger partial charge in [0, 0.05) is 37.9 Å². The van der Waals surface area contributed by atoms with Crippen molar-refractivity contribution >= 4 is 5.69 Å². The molecular formula is C25H45N3O. The molecule has 1 aromatic heterocycles. The van der Waals surface area contributed by atoms with Gasteiger partial charge in [-0.3, -0.25) is 4.90 Å². The summed E-state index contributed by atoms with van der Waals surface area (Å²) >= 11 is 0. The van der Waals surface area contributed by atoms with Gasteiger partial charge in [-0.05, 0) is 37.9 Å². The van der Waals surface area contributed by atoms with Crippen molar-refractivity contribution in [1.82, 2.24) is 10.1 Å². The zero-order chi connectivity index (χ0) is 21.7. The molecule has 0 unspecified atom stereocenters. The van der Waals surface area contributed by atoms with Crippen molar-refractivity contribution in [3.8, 4) is 0 Å². The first-order valence-corrected chi connectivity index (χ1v) is 11.8. The largest absolute Gasteiger partial charge is 0.369 e. The minimum Gasteiger partial charge on any atom is -0.369 e. The van der Waals surface area contributed by atoms with Crippen molar-refractivity contribution < 1.29 is 4.52 Å². The van der Waals surface area contributed by atoms with Crippen LogP contribution in [0, 0.1) is 0 Å². The summed E-state index contributed by atoms with van der Waals surface area (Å²) in [6.45, 7) is 17.9. The number of benzene rings is 1. The number of aromatic nitrogens is 1. The Kier molecular flexibility index (Phi) is 18.3. The van der Waals surface area contributed by atoms with Crippen LogP contribution in [0.3, 0.4) is 0 Å². The van der Waals surface area contributed by atoms with Crippen LogP contribution in [0.2, 0.25) is 0 Å². The lowest BCUT2D eigenvalue weighted by atomic mass is 10.1. The highest BCUT2D eigenvalue weighted by atomic mass is 16.5. The molecule has 1 aromatic carbocycles. The second-order valence-electron chi connectivity index (χ2n) is 6.32. The van der Waals surface area contributed by atoms with Gasteiger partial charge in [0.1, 0.15) is 6.26 Å². The van der Waals surface area contributed by atoms with E-state index in [1.54, 1.807) is 6.26 Å². The zero-order valence-electron chi connectivity index (χ0n) is 19.9. The average Bonchev–Trinajstić information content (AvgIpc) is 3.35. The molecule has 0 aliphatic carbocycles. The Labute approximate surface area is 180 Å². The molecule has 0 spiro atoms. The van der Waals surface area contributed by atoms with E-state index >= 15 is 0 Å². The number of para-hydroxylation sites is 1. The van der Waals surface area contributed by atoms with Gasteiger partial charge in [0.15, 0.2) is 0 Å². The van der Waals surface area contributed by atoms with Crippen molar-refractivity contribution in [2.45, 2.75) is 73.6 Å². The van der Waals surface area contributed by atoms with Gasteiger partial charge in [-0.25, -0.2) is 0 Å². The summed E-state index contributed by atoms with van der Waals surface area (Å²) < 4.78 is 4.85. The number of anilines is 1. The molecule has 4 nitrogen and oxygen atoms in total. The van der Waals surface area contributed by atoms with Crippen molar-refractivity contribution in [2.24, 2.45) is 0 Å². The second-order valence-corrected chi connectivity index (χ2v) is 6.32. The average molecular weight is 404 g/mol. The fraction of sp³-hybridized carbons (Fsp3) is 0.640. The van der Waals surface area contributed by atoms with Gasteiger partial charge in [0.25, 0.3) is 0 Å². The van der Waals surface area contributed by atoms with Crippen LogP contribution in [0.5, 0.6) is 0 Å². The van der Waals surface area contributed by atoms with E-state index < -0.39 is 0 Å². The third-order valence-electron chi connectivity index (χ3n) is 4.64. The normalized spacial score (nSPS) is 13.2. The molecule has 1 aliphatic rings. The first-order valence-electron chi connectivity index (χ1n) is 11.8. The predicted molar refractivity (Wildman–Crippen MR) is 128 cm³/mol. The van der Waals surface area contributed by atoms with Crippen LogP contribution in [0.4, 0.5) is 5.69 Å². The highest BCUT2D eigenvalue weighted by Gasteiger charge is 2.16. The Morgan fingerprint density at radius 2 is 1.38 bits per heavy atom. The lowest BCUT2D eigenvalue weighted by Crippen LogP contribution is -2.46. The van der Waals surface area contributed by atoms with Crippen LogP contribution in [0.1, 0.15) is 72.9 Å². The van der Waals surface area contributed by atoms with Gasteiger partial charge in [-0.2, -0.15) is 0 Å². The number of piperazine rings is 1. The van der Waals surface area contributed by atoms with Crippen molar-refractivity contribution in [3.63, 3.8) is 0 Å². The highest BCUT2D eigenvalue weighted by molar-refractivity contribution is 5.46. The van der Waals surface area contributed by atoms with Crippen LogP contribution >= 0.6 is 0 Å². The Morgan fingerprint density at radius 1 is 0.759 bits per heavy atom. The summed E-state index contributed by atoms with van der Waals surface area (Å²) in [6.07, 6.45) is 7.84. The lowest BCUT2D eigenvalue weighted by Gasteiger charge is -2.36. The molecule has 1 fully saturated rings. The van der Waals surface area contributed by atoms with Gasteiger partial charge in [0.2, 0.25) is 0 Å². The predicted octanol–water partition coefficient (Wildman–Crippen LogP) is 6.68. The number of hydrogen-bond acceptors (Lipinski definition) is 4. The Balaban J connectivity index is 0.00000120. The quantitative estimate of drug-likeness (QED) is 0.460.